The van der Waals surface area contributed by atoms with Crippen molar-refractivity contribution >= 4 is 0 Å². The normalized spacial score (nSPS) is 26.8. The van der Waals surface area contributed by atoms with Crippen molar-refractivity contribution in [2.75, 3.05) is 33.3 Å². The molecule has 2 N–H and O–H groups in total. The zero-order valence-corrected chi connectivity index (χ0v) is 9.78. The Morgan fingerprint density at radius 1 is 1.27 bits per heavy atom. The second kappa shape index (κ2) is 5.28. The van der Waals surface area contributed by atoms with Crippen molar-refractivity contribution in [1.82, 2.24) is 10.2 Å². The van der Waals surface area contributed by atoms with Crippen molar-refractivity contribution in [2.45, 2.75) is 31.7 Å². The average Bonchev–Trinajstić information content (AvgIpc) is 3.05. The standard InChI is InChI=1S/C12H24N2O/c1-14-6-4-10(5-7-14)11(9-15)8-13-12-2-3-12/h10-13,15H,2-9H2,1H3. The van der Waals surface area contributed by atoms with E-state index in [4.69, 9.17) is 0 Å². The molecule has 0 bridgehead atoms. The van der Waals surface area contributed by atoms with Crippen LogP contribution in [0.1, 0.15) is 25.7 Å². The summed E-state index contributed by atoms with van der Waals surface area (Å²) in [4.78, 5) is 2.39. The molecule has 15 heavy (non-hydrogen) atoms. The Morgan fingerprint density at radius 2 is 1.93 bits per heavy atom. The highest BCUT2D eigenvalue weighted by Gasteiger charge is 2.27. The van der Waals surface area contributed by atoms with E-state index in [2.05, 4.69) is 17.3 Å². The molecule has 1 saturated heterocycles. The van der Waals surface area contributed by atoms with E-state index >= 15 is 0 Å². The van der Waals surface area contributed by atoms with Gasteiger partial charge in [0.2, 0.25) is 0 Å². The molecule has 1 aliphatic carbocycles. The minimum atomic E-state index is 0.355. The molecule has 1 heterocycles. The van der Waals surface area contributed by atoms with Crippen molar-refractivity contribution in [3.05, 3.63) is 0 Å². The van der Waals surface area contributed by atoms with Crippen LogP contribution in [0.2, 0.25) is 0 Å². The second-order valence-corrected chi connectivity index (χ2v) is 5.27. The number of hydrogen-bond donors (Lipinski definition) is 2. The zero-order valence-electron chi connectivity index (χ0n) is 9.78. The van der Waals surface area contributed by atoms with E-state index in [1.165, 1.54) is 38.8 Å². The number of nitrogens with zero attached hydrogens (tertiary/aromatic N) is 1. The Kier molecular flexibility index (Phi) is 4.00. The third-order valence-electron chi connectivity index (χ3n) is 3.91. The van der Waals surface area contributed by atoms with E-state index in [-0.39, 0.29) is 0 Å². The summed E-state index contributed by atoms with van der Waals surface area (Å²) in [5, 5.41) is 13.0. The van der Waals surface area contributed by atoms with Gasteiger partial charge in [-0.25, -0.2) is 0 Å². The number of piperidine rings is 1. The lowest BCUT2D eigenvalue weighted by Crippen LogP contribution is -2.38. The second-order valence-electron chi connectivity index (χ2n) is 5.27. The molecule has 0 spiro atoms. The first-order valence-corrected chi connectivity index (χ1v) is 6.32. The van der Waals surface area contributed by atoms with Gasteiger partial charge in [-0.2, -0.15) is 0 Å². The third kappa shape index (κ3) is 3.44. The predicted octanol–water partition coefficient (Wildman–Crippen LogP) is 0.689. The van der Waals surface area contributed by atoms with Gasteiger partial charge in [0.05, 0.1) is 0 Å². The van der Waals surface area contributed by atoms with Crippen LogP contribution in [0.25, 0.3) is 0 Å². The van der Waals surface area contributed by atoms with Gasteiger partial charge in [-0.1, -0.05) is 0 Å². The lowest BCUT2D eigenvalue weighted by Gasteiger charge is -2.33. The van der Waals surface area contributed by atoms with E-state index < -0.39 is 0 Å². The minimum Gasteiger partial charge on any atom is -0.396 e. The molecule has 1 atom stereocenters. The summed E-state index contributed by atoms with van der Waals surface area (Å²) >= 11 is 0. The van der Waals surface area contributed by atoms with Gasteiger partial charge in [0.25, 0.3) is 0 Å². The summed E-state index contributed by atoms with van der Waals surface area (Å²) in [6.07, 6.45) is 5.19. The van der Waals surface area contributed by atoms with Crippen molar-refractivity contribution in [3.8, 4) is 0 Å². The lowest BCUT2D eigenvalue weighted by molar-refractivity contribution is 0.117. The molecule has 2 rings (SSSR count). The molecular formula is C12H24N2O. The number of rotatable bonds is 5. The van der Waals surface area contributed by atoms with Crippen LogP contribution in [-0.2, 0) is 0 Å². The van der Waals surface area contributed by atoms with Crippen LogP contribution in [0.5, 0.6) is 0 Å². The van der Waals surface area contributed by atoms with E-state index in [0.717, 1.165) is 18.5 Å². The fourth-order valence-corrected chi connectivity index (χ4v) is 2.49. The van der Waals surface area contributed by atoms with Gasteiger partial charge < -0.3 is 15.3 Å². The van der Waals surface area contributed by atoms with Gasteiger partial charge in [0.15, 0.2) is 0 Å². The molecule has 1 saturated carbocycles. The number of hydrogen-bond acceptors (Lipinski definition) is 3. The Morgan fingerprint density at radius 3 is 2.47 bits per heavy atom. The molecule has 88 valence electrons. The maximum atomic E-state index is 9.42. The van der Waals surface area contributed by atoms with Crippen molar-refractivity contribution in [2.24, 2.45) is 11.8 Å². The highest BCUT2D eigenvalue weighted by molar-refractivity contribution is 4.84. The molecular weight excluding hydrogens is 188 g/mol. The fourth-order valence-electron chi connectivity index (χ4n) is 2.49. The summed E-state index contributed by atoms with van der Waals surface area (Å²) in [5.41, 5.74) is 0. The van der Waals surface area contributed by atoms with Gasteiger partial charge in [0.1, 0.15) is 0 Å². The molecule has 3 nitrogen and oxygen atoms in total. The molecule has 3 heteroatoms. The molecule has 0 radical (unpaired) electrons. The summed E-state index contributed by atoms with van der Waals surface area (Å²) in [6, 6.07) is 0.769. The maximum Gasteiger partial charge on any atom is 0.0474 e. The van der Waals surface area contributed by atoms with E-state index in [0.29, 0.717) is 12.5 Å². The largest absolute Gasteiger partial charge is 0.396 e. The van der Waals surface area contributed by atoms with Crippen LogP contribution in [-0.4, -0.2) is 49.3 Å². The monoisotopic (exact) mass is 212 g/mol. The molecule has 0 aromatic heterocycles. The molecule has 2 aliphatic rings. The summed E-state index contributed by atoms with van der Waals surface area (Å²) in [6.45, 7) is 3.78. The van der Waals surface area contributed by atoms with Crippen molar-refractivity contribution < 1.29 is 5.11 Å². The smallest absolute Gasteiger partial charge is 0.0474 e. The molecule has 0 aromatic carbocycles. The first kappa shape index (κ1) is 11.4. The van der Waals surface area contributed by atoms with Gasteiger partial charge in [0, 0.05) is 19.2 Å². The van der Waals surface area contributed by atoms with Gasteiger partial charge >= 0.3 is 0 Å². The number of nitrogens with one attached hydrogen (secondary N) is 1. The number of aliphatic hydroxyl groups excluding tert-OH is 1. The predicted molar refractivity (Wildman–Crippen MR) is 61.8 cm³/mol. The third-order valence-corrected chi connectivity index (χ3v) is 3.91. The topological polar surface area (TPSA) is 35.5 Å². The fraction of sp³-hybridized carbons (Fsp3) is 1.00. The van der Waals surface area contributed by atoms with Gasteiger partial charge in [-0.05, 0) is 57.7 Å². The Labute approximate surface area is 92.8 Å². The summed E-state index contributed by atoms with van der Waals surface area (Å²) < 4.78 is 0. The van der Waals surface area contributed by atoms with E-state index in [1.54, 1.807) is 0 Å². The first-order chi connectivity index (χ1) is 7.29. The molecule has 1 aliphatic heterocycles. The van der Waals surface area contributed by atoms with Crippen LogP contribution in [0.15, 0.2) is 0 Å². The molecule has 2 fully saturated rings. The van der Waals surface area contributed by atoms with Crippen molar-refractivity contribution in [1.29, 1.82) is 0 Å². The summed E-state index contributed by atoms with van der Waals surface area (Å²) in [7, 11) is 2.19. The van der Waals surface area contributed by atoms with Gasteiger partial charge in [-0.3, -0.25) is 0 Å². The van der Waals surface area contributed by atoms with Gasteiger partial charge in [-0.15, -0.1) is 0 Å². The first-order valence-electron chi connectivity index (χ1n) is 6.32. The molecule has 1 unspecified atom stereocenters. The number of aliphatic hydroxyl groups is 1. The van der Waals surface area contributed by atoms with Crippen molar-refractivity contribution in [3.63, 3.8) is 0 Å². The highest BCUT2D eigenvalue weighted by Crippen LogP contribution is 2.25. The van der Waals surface area contributed by atoms with E-state index in [9.17, 15) is 5.11 Å². The van der Waals surface area contributed by atoms with Crippen LogP contribution >= 0.6 is 0 Å². The number of likely N-dealkylation sites (tertiary alicyclic amines) is 1. The lowest BCUT2D eigenvalue weighted by atomic mass is 9.84. The molecule has 0 aromatic rings. The van der Waals surface area contributed by atoms with Crippen LogP contribution in [0.3, 0.4) is 0 Å². The highest BCUT2D eigenvalue weighted by atomic mass is 16.3. The average molecular weight is 212 g/mol. The van der Waals surface area contributed by atoms with Crippen LogP contribution in [0, 0.1) is 11.8 Å². The minimum absolute atomic E-state index is 0.355. The Balaban J connectivity index is 1.72. The Bertz CT molecular complexity index is 186. The molecule has 0 amide bonds. The summed E-state index contributed by atoms with van der Waals surface area (Å²) in [5.74, 6) is 1.22. The maximum absolute atomic E-state index is 9.42. The van der Waals surface area contributed by atoms with Crippen LogP contribution < -0.4 is 5.32 Å². The SMILES string of the molecule is CN1CCC(C(CO)CNC2CC2)CC1. The zero-order chi connectivity index (χ0) is 10.7. The Hall–Kier alpha value is -0.120. The van der Waals surface area contributed by atoms with E-state index in [1.807, 2.05) is 0 Å². The van der Waals surface area contributed by atoms with Crippen LogP contribution in [0.4, 0.5) is 0 Å². The quantitative estimate of drug-likeness (QED) is 0.704.